The number of fused-ring (bicyclic) bond motifs is 2. The molecule has 0 spiro atoms. The fraction of sp³-hybridized carbons (Fsp3) is 0.379. The molecule has 14 nitrogen and oxygen atoms in total. The lowest BCUT2D eigenvalue weighted by Gasteiger charge is -2.25. The number of nitrogens with one attached hydrogen (secondary N) is 2. The van der Waals surface area contributed by atoms with Crippen molar-refractivity contribution >= 4 is 35.7 Å². The Kier molecular flexibility index (Phi) is 8.84. The van der Waals surface area contributed by atoms with E-state index in [1.807, 2.05) is 4.98 Å². The van der Waals surface area contributed by atoms with Crippen LogP contribution in [0.5, 0.6) is 5.75 Å². The smallest absolute Gasteiger partial charge is 0.459 e. The molecule has 1 aliphatic heterocycles. The molecule has 0 saturated carbocycles. The standard InChI is InChI=1S/C29H31FN3O11P/c1-15(2)41-26(37)16(3)32-45(39,44-17-9-10-19-21(13-17)42-20-8-6-5-7-18(20)24(19)35)40-14-22-25(36)29(4,30)27(43-22)33-12-11-23(34)31-28(33)38/h5-13,15-16,22,25,27,36H,14H2,1-4H3,(H,32,39)(H,31,34,38). The molecule has 45 heavy (non-hydrogen) atoms. The highest BCUT2D eigenvalue weighted by Gasteiger charge is 2.56. The van der Waals surface area contributed by atoms with E-state index in [4.69, 9.17) is 22.9 Å². The zero-order valence-corrected chi connectivity index (χ0v) is 25.5. The summed E-state index contributed by atoms with van der Waals surface area (Å²) in [5.74, 6) is -0.860. The van der Waals surface area contributed by atoms with Crippen LogP contribution in [0.4, 0.5) is 4.39 Å². The van der Waals surface area contributed by atoms with Gasteiger partial charge in [0.1, 0.15) is 35.2 Å². The largest absolute Gasteiger partial charge is 0.462 e. The number of aromatic nitrogens is 2. The zero-order chi connectivity index (χ0) is 32.7. The Balaban J connectivity index is 1.43. The van der Waals surface area contributed by atoms with E-state index >= 15 is 4.39 Å². The summed E-state index contributed by atoms with van der Waals surface area (Å²) in [6.45, 7) is 4.86. The maximum absolute atomic E-state index is 15.7. The van der Waals surface area contributed by atoms with Gasteiger partial charge in [0.15, 0.2) is 11.9 Å². The van der Waals surface area contributed by atoms with Crippen LogP contribution in [-0.2, 0) is 23.4 Å². The molecule has 6 unspecified atom stereocenters. The Morgan fingerprint density at radius 1 is 1.13 bits per heavy atom. The highest BCUT2D eigenvalue weighted by molar-refractivity contribution is 7.52. The summed E-state index contributed by atoms with van der Waals surface area (Å²) in [5.41, 5.74) is -4.11. The van der Waals surface area contributed by atoms with Gasteiger partial charge in [-0.1, -0.05) is 12.1 Å². The molecule has 0 bridgehead atoms. The molecule has 5 rings (SSSR count). The number of aliphatic hydroxyl groups is 1. The first-order chi connectivity index (χ1) is 21.2. The van der Waals surface area contributed by atoms with E-state index in [2.05, 4.69) is 5.09 Å². The summed E-state index contributed by atoms with van der Waals surface area (Å²) >= 11 is 0. The van der Waals surface area contributed by atoms with Crippen LogP contribution in [0.15, 0.2) is 73.5 Å². The monoisotopic (exact) mass is 647 g/mol. The van der Waals surface area contributed by atoms with Crippen molar-refractivity contribution in [3.63, 3.8) is 0 Å². The number of esters is 1. The van der Waals surface area contributed by atoms with Gasteiger partial charge >= 0.3 is 19.4 Å². The van der Waals surface area contributed by atoms with Crippen LogP contribution < -0.4 is 26.3 Å². The molecule has 3 heterocycles. The van der Waals surface area contributed by atoms with E-state index in [9.17, 15) is 28.8 Å². The second kappa shape index (κ2) is 12.3. The molecule has 4 aromatic rings. The van der Waals surface area contributed by atoms with E-state index in [-0.39, 0.29) is 22.1 Å². The molecular formula is C29H31FN3O11P. The average molecular weight is 648 g/mol. The zero-order valence-electron chi connectivity index (χ0n) is 24.6. The fourth-order valence-corrected chi connectivity index (χ4v) is 6.32. The fourth-order valence-electron chi connectivity index (χ4n) is 4.83. The number of alkyl halides is 1. The van der Waals surface area contributed by atoms with E-state index in [1.165, 1.54) is 25.1 Å². The first-order valence-corrected chi connectivity index (χ1v) is 15.4. The minimum absolute atomic E-state index is 0.0814. The Morgan fingerprint density at radius 2 is 1.84 bits per heavy atom. The summed E-state index contributed by atoms with van der Waals surface area (Å²) in [5, 5.41) is 13.8. The van der Waals surface area contributed by atoms with Crippen LogP contribution in [0, 0.1) is 0 Å². The topological polar surface area (TPSA) is 188 Å². The molecule has 1 fully saturated rings. The van der Waals surface area contributed by atoms with Crippen LogP contribution in [0.1, 0.15) is 33.9 Å². The third kappa shape index (κ3) is 6.63. The number of halogens is 1. The number of aliphatic hydroxyl groups excluding tert-OH is 1. The number of aromatic amines is 1. The van der Waals surface area contributed by atoms with Crippen molar-refractivity contribution < 1.29 is 41.8 Å². The van der Waals surface area contributed by atoms with Crippen molar-refractivity contribution in [2.45, 2.75) is 63.9 Å². The number of hydrogen-bond donors (Lipinski definition) is 3. The van der Waals surface area contributed by atoms with Crippen LogP contribution in [0.2, 0.25) is 0 Å². The van der Waals surface area contributed by atoms with Gasteiger partial charge in [0.25, 0.3) is 5.56 Å². The summed E-state index contributed by atoms with van der Waals surface area (Å²) in [6.07, 6.45) is -4.53. The minimum Gasteiger partial charge on any atom is -0.462 e. The van der Waals surface area contributed by atoms with Gasteiger partial charge in [-0.25, -0.2) is 13.8 Å². The summed E-state index contributed by atoms with van der Waals surface area (Å²) < 4.78 is 58.4. The number of nitrogens with zero attached hydrogens (tertiary/aromatic N) is 1. The quantitative estimate of drug-likeness (QED) is 0.130. The molecule has 0 amide bonds. The molecule has 1 aliphatic rings. The summed E-state index contributed by atoms with van der Waals surface area (Å²) in [7, 11) is -4.56. The predicted molar refractivity (Wildman–Crippen MR) is 159 cm³/mol. The maximum Gasteiger partial charge on any atom is 0.459 e. The number of hydrogen-bond acceptors (Lipinski definition) is 11. The predicted octanol–water partition coefficient (Wildman–Crippen LogP) is 2.92. The molecular weight excluding hydrogens is 616 g/mol. The number of para-hydroxylation sites is 1. The van der Waals surface area contributed by atoms with E-state index in [0.717, 1.165) is 23.8 Å². The average Bonchev–Trinajstić information content (AvgIpc) is 3.19. The Hall–Kier alpha value is -4.14. The van der Waals surface area contributed by atoms with Crippen LogP contribution in [0.3, 0.4) is 0 Å². The number of carbonyl (C=O) groups is 1. The molecule has 0 radical (unpaired) electrons. The van der Waals surface area contributed by atoms with Crippen LogP contribution >= 0.6 is 7.75 Å². The third-order valence-corrected chi connectivity index (χ3v) is 8.71. The van der Waals surface area contributed by atoms with Gasteiger partial charge in [0.2, 0.25) is 5.43 Å². The van der Waals surface area contributed by atoms with Crippen LogP contribution in [-0.4, -0.2) is 57.3 Å². The van der Waals surface area contributed by atoms with Gasteiger partial charge in [-0.2, -0.15) is 5.09 Å². The van der Waals surface area contributed by atoms with E-state index in [0.29, 0.717) is 11.0 Å². The van der Waals surface area contributed by atoms with Crippen molar-refractivity contribution in [2.24, 2.45) is 0 Å². The highest BCUT2D eigenvalue weighted by atomic mass is 31.2. The Labute approximate surface area is 254 Å². The highest BCUT2D eigenvalue weighted by Crippen LogP contribution is 2.48. The molecule has 16 heteroatoms. The van der Waals surface area contributed by atoms with Gasteiger partial charge in [-0.05, 0) is 52.0 Å². The van der Waals surface area contributed by atoms with Crippen LogP contribution in [0.25, 0.3) is 21.9 Å². The Bertz CT molecular complexity index is 1970. The lowest BCUT2D eigenvalue weighted by molar-refractivity contribution is -0.149. The minimum atomic E-state index is -4.56. The van der Waals surface area contributed by atoms with Crippen molar-refractivity contribution in [3.8, 4) is 5.75 Å². The van der Waals surface area contributed by atoms with Crippen molar-refractivity contribution in [2.75, 3.05) is 6.61 Å². The van der Waals surface area contributed by atoms with Gasteiger partial charge in [-0.3, -0.25) is 28.5 Å². The molecule has 6 atom stereocenters. The van der Waals surface area contributed by atoms with E-state index in [1.54, 1.807) is 38.1 Å². The maximum atomic E-state index is 15.7. The van der Waals surface area contributed by atoms with Gasteiger partial charge in [-0.15, -0.1) is 0 Å². The van der Waals surface area contributed by atoms with Crippen molar-refractivity contribution in [1.82, 2.24) is 14.6 Å². The lowest BCUT2D eigenvalue weighted by atomic mass is 9.98. The van der Waals surface area contributed by atoms with Gasteiger partial charge < -0.3 is 23.5 Å². The number of benzene rings is 2. The van der Waals surface area contributed by atoms with E-state index < -0.39 is 67.8 Å². The summed E-state index contributed by atoms with van der Waals surface area (Å²) in [4.78, 5) is 51.2. The number of H-pyrrole nitrogens is 1. The second-order valence-corrected chi connectivity index (χ2v) is 12.6. The number of ether oxygens (including phenoxy) is 2. The molecule has 240 valence electrons. The normalized spacial score (nSPS) is 23.7. The molecule has 1 saturated heterocycles. The second-order valence-electron chi connectivity index (χ2n) is 10.9. The van der Waals surface area contributed by atoms with Crippen molar-refractivity contribution in [3.05, 3.63) is 85.8 Å². The molecule has 2 aromatic heterocycles. The first-order valence-electron chi connectivity index (χ1n) is 13.9. The SMILES string of the molecule is CC(C)OC(=O)C(C)NP(=O)(OCC1OC(n2ccc(=O)[nH]c2=O)C(C)(F)C1O)Oc1ccc2c(=O)c3ccccc3oc2c1. The molecule has 0 aliphatic carbocycles. The van der Waals surface area contributed by atoms with Crippen molar-refractivity contribution in [1.29, 1.82) is 0 Å². The summed E-state index contributed by atoms with van der Waals surface area (Å²) in [6, 6.07) is 10.5. The lowest BCUT2D eigenvalue weighted by Crippen LogP contribution is -2.43. The van der Waals surface area contributed by atoms with Gasteiger partial charge in [0.05, 0.1) is 23.5 Å². The van der Waals surface area contributed by atoms with Gasteiger partial charge in [0, 0.05) is 18.3 Å². The first kappa shape index (κ1) is 32.3. The Morgan fingerprint density at radius 3 is 2.56 bits per heavy atom. The number of carbonyl (C=O) groups excluding carboxylic acids is 1. The number of rotatable bonds is 10. The molecule has 2 aromatic carbocycles. The third-order valence-electron chi connectivity index (χ3n) is 7.06. The molecule has 3 N–H and O–H groups in total.